The first-order valence-electron chi connectivity index (χ1n) is 8.86. The number of hydrogen-bond acceptors (Lipinski definition) is 4. The first-order valence-corrected chi connectivity index (χ1v) is 9.23. The maximum atomic E-state index is 12.7. The Morgan fingerprint density at radius 2 is 1.54 bits per heavy atom. The van der Waals surface area contributed by atoms with Crippen molar-refractivity contribution in [3.05, 3.63) is 64.7 Å². The van der Waals surface area contributed by atoms with Gasteiger partial charge in [-0.1, -0.05) is 25.4 Å². The van der Waals surface area contributed by atoms with Crippen molar-refractivity contribution in [1.29, 1.82) is 0 Å². The number of ether oxygens (including phenoxy) is 1. The summed E-state index contributed by atoms with van der Waals surface area (Å²) < 4.78 is 4.65. The van der Waals surface area contributed by atoms with E-state index < -0.39 is 12.0 Å². The van der Waals surface area contributed by atoms with Crippen LogP contribution in [0.3, 0.4) is 0 Å². The fraction of sp³-hybridized carbons (Fsp3) is 0.286. The number of carbonyl (C=O) groups is 3. The lowest BCUT2D eigenvalue weighted by atomic mass is 10.0. The third-order valence-electron chi connectivity index (χ3n) is 4.01. The summed E-state index contributed by atoms with van der Waals surface area (Å²) in [5.74, 6) is -0.936. The zero-order chi connectivity index (χ0) is 20.7. The van der Waals surface area contributed by atoms with E-state index in [1.807, 2.05) is 13.8 Å². The van der Waals surface area contributed by atoms with E-state index in [2.05, 4.69) is 15.4 Å². The van der Waals surface area contributed by atoms with Crippen LogP contribution in [0.15, 0.2) is 48.5 Å². The molecule has 0 saturated carbocycles. The minimum Gasteiger partial charge on any atom is -0.465 e. The number of halogens is 1. The summed E-state index contributed by atoms with van der Waals surface area (Å²) in [7, 11) is 1.30. The minimum absolute atomic E-state index is 0.197. The molecular formula is C21H23ClN2O4. The Balaban J connectivity index is 2.08. The van der Waals surface area contributed by atoms with Crippen LogP contribution in [0.25, 0.3) is 0 Å². The monoisotopic (exact) mass is 402 g/mol. The Bertz CT molecular complexity index is 832. The van der Waals surface area contributed by atoms with E-state index in [-0.39, 0.29) is 17.7 Å². The summed E-state index contributed by atoms with van der Waals surface area (Å²) in [5, 5.41) is 6.08. The van der Waals surface area contributed by atoms with Crippen LogP contribution < -0.4 is 10.6 Å². The largest absolute Gasteiger partial charge is 0.465 e. The zero-order valence-electron chi connectivity index (χ0n) is 16.0. The summed E-state index contributed by atoms with van der Waals surface area (Å²) in [4.78, 5) is 36.7. The Morgan fingerprint density at radius 1 is 0.964 bits per heavy atom. The van der Waals surface area contributed by atoms with Crippen molar-refractivity contribution in [3.63, 3.8) is 0 Å². The molecule has 2 aromatic rings. The Hall–Kier alpha value is -2.86. The topological polar surface area (TPSA) is 84.5 Å². The number of esters is 1. The van der Waals surface area contributed by atoms with E-state index in [4.69, 9.17) is 11.6 Å². The van der Waals surface area contributed by atoms with Crippen LogP contribution >= 0.6 is 11.6 Å². The normalized spacial score (nSPS) is 11.6. The molecule has 6 nitrogen and oxygen atoms in total. The fourth-order valence-electron chi connectivity index (χ4n) is 2.58. The van der Waals surface area contributed by atoms with Crippen LogP contribution in [-0.4, -0.2) is 30.9 Å². The van der Waals surface area contributed by atoms with Crippen LogP contribution in [0.1, 0.15) is 41.0 Å². The summed E-state index contributed by atoms with van der Waals surface area (Å²) in [6.07, 6.45) is 0.478. The van der Waals surface area contributed by atoms with Gasteiger partial charge in [-0.05, 0) is 60.9 Å². The predicted molar refractivity (Wildman–Crippen MR) is 109 cm³/mol. The third-order valence-corrected chi connectivity index (χ3v) is 4.26. The lowest BCUT2D eigenvalue weighted by molar-refractivity contribution is -0.118. The maximum Gasteiger partial charge on any atom is 0.337 e. The first-order chi connectivity index (χ1) is 13.3. The molecule has 1 atom stereocenters. The Morgan fingerprint density at radius 3 is 2.07 bits per heavy atom. The second kappa shape index (κ2) is 9.90. The number of amides is 2. The zero-order valence-corrected chi connectivity index (χ0v) is 16.7. The molecular weight excluding hydrogens is 380 g/mol. The summed E-state index contributed by atoms with van der Waals surface area (Å²) in [6, 6.07) is 12.1. The molecule has 2 aromatic carbocycles. The van der Waals surface area contributed by atoms with Gasteiger partial charge in [0.05, 0.1) is 12.7 Å². The second-order valence-corrected chi connectivity index (χ2v) is 7.16. The highest BCUT2D eigenvalue weighted by Crippen LogP contribution is 2.14. The molecule has 2 amide bonds. The Labute approximate surface area is 169 Å². The number of hydrogen-bond donors (Lipinski definition) is 2. The highest BCUT2D eigenvalue weighted by Gasteiger charge is 2.23. The molecule has 0 unspecified atom stereocenters. The van der Waals surface area contributed by atoms with Crippen molar-refractivity contribution in [2.75, 3.05) is 12.4 Å². The molecule has 28 heavy (non-hydrogen) atoms. The molecule has 0 spiro atoms. The average molecular weight is 403 g/mol. The van der Waals surface area contributed by atoms with Crippen molar-refractivity contribution < 1.29 is 19.1 Å². The van der Waals surface area contributed by atoms with Crippen molar-refractivity contribution in [3.8, 4) is 0 Å². The summed E-state index contributed by atoms with van der Waals surface area (Å²) in [6.45, 7) is 3.94. The van der Waals surface area contributed by atoms with Crippen LogP contribution in [-0.2, 0) is 9.53 Å². The number of methoxy groups -OCH3 is 1. The summed E-state index contributed by atoms with van der Waals surface area (Å²) >= 11 is 5.85. The minimum atomic E-state index is -0.705. The van der Waals surface area contributed by atoms with Gasteiger partial charge < -0.3 is 15.4 Å². The van der Waals surface area contributed by atoms with Gasteiger partial charge in [0.15, 0.2) is 0 Å². The maximum absolute atomic E-state index is 12.7. The SMILES string of the molecule is COC(=O)c1ccc(NC(=O)[C@@H](CC(C)C)NC(=O)c2ccc(Cl)cc2)cc1. The van der Waals surface area contributed by atoms with Gasteiger partial charge in [0.25, 0.3) is 5.91 Å². The molecule has 148 valence electrons. The molecule has 2 N–H and O–H groups in total. The van der Waals surface area contributed by atoms with E-state index in [9.17, 15) is 14.4 Å². The third kappa shape index (κ3) is 6.09. The molecule has 0 aliphatic heterocycles. The van der Waals surface area contributed by atoms with E-state index in [0.717, 1.165) is 0 Å². The molecule has 0 saturated heterocycles. The van der Waals surface area contributed by atoms with Gasteiger partial charge in [-0.3, -0.25) is 9.59 Å². The van der Waals surface area contributed by atoms with E-state index in [1.54, 1.807) is 48.5 Å². The second-order valence-electron chi connectivity index (χ2n) is 6.72. The molecule has 0 radical (unpaired) electrons. The van der Waals surface area contributed by atoms with E-state index in [1.165, 1.54) is 7.11 Å². The standard InChI is InChI=1S/C21H23ClN2O4/c1-13(2)12-18(24-19(25)14-4-8-16(22)9-5-14)20(26)23-17-10-6-15(7-11-17)21(27)28-3/h4-11,13,18H,12H2,1-3H3,(H,23,26)(H,24,25)/t18-/m1/s1. The lowest BCUT2D eigenvalue weighted by Gasteiger charge is -2.20. The molecule has 0 bridgehead atoms. The van der Waals surface area contributed by atoms with Gasteiger partial charge >= 0.3 is 5.97 Å². The molecule has 0 aliphatic carbocycles. The van der Waals surface area contributed by atoms with Gasteiger partial charge in [-0.15, -0.1) is 0 Å². The molecule has 0 fully saturated rings. The summed E-state index contributed by atoms with van der Waals surface area (Å²) in [5.41, 5.74) is 1.33. The number of rotatable bonds is 7. The van der Waals surface area contributed by atoms with Crippen molar-refractivity contribution >= 4 is 35.1 Å². The van der Waals surface area contributed by atoms with Gasteiger partial charge in [0.2, 0.25) is 5.91 Å². The van der Waals surface area contributed by atoms with Crippen molar-refractivity contribution in [1.82, 2.24) is 5.32 Å². The molecule has 0 aromatic heterocycles. The molecule has 0 heterocycles. The van der Waals surface area contributed by atoms with Crippen molar-refractivity contribution in [2.45, 2.75) is 26.3 Å². The number of benzene rings is 2. The van der Waals surface area contributed by atoms with Gasteiger partial charge in [0, 0.05) is 16.3 Å². The smallest absolute Gasteiger partial charge is 0.337 e. The number of anilines is 1. The highest BCUT2D eigenvalue weighted by molar-refractivity contribution is 6.30. The van der Waals surface area contributed by atoms with Gasteiger partial charge in [-0.25, -0.2) is 4.79 Å². The van der Waals surface area contributed by atoms with Gasteiger partial charge in [-0.2, -0.15) is 0 Å². The highest BCUT2D eigenvalue weighted by atomic mass is 35.5. The van der Waals surface area contributed by atoms with Gasteiger partial charge in [0.1, 0.15) is 6.04 Å². The quantitative estimate of drug-likeness (QED) is 0.687. The number of nitrogens with one attached hydrogen (secondary N) is 2. The molecule has 2 rings (SSSR count). The van der Waals surface area contributed by atoms with Crippen LogP contribution in [0.4, 0.5) is 5.69 Å². The molecule has 7 heteroatoms. The Kier molecular flexibility index (Phi) is 7.58. The van der Waals surface area contributed by atoms with Crippen molar-refractivity contribution in [2.24, 2.45) is 5.92 Å². The van der Waals surface area contributed by atoms with E-state index >= 15 is 0 Å². The first kappa shape index (κ1) is 21.4. The van der Waals surface area contributed by atoms with Crippen LogP contribution in [0, 0.1) is 5.92 Å². The lowest BCUT2D eigenvalue weighted by Crippen LogP contribution is -2.44. The predicted octanol–water partition coefficient (Wildman–Crippen LogP) is 3.91. The fourth-order valence-corrected chi connectivity index (χ4v) is 2.71. The van der Waals surface area contributed by atoms with Crippen LogP contribution in [0.5, 0.6) is 0 Å². The van der Waals surface area contributed by atoms with E-state index in [0.29, 0.717) is 28.3 Å². The average Bonchev–Trinajstić information content (AvgIpc) is 2.67. The molecule has 0 aliphatic rings. The van der Waals surface area contributed by atoms with Crippen LogP contribution in [0.2, 0.25) is 5.02 Å². The number of carbonyl (C=O) groups excluding carboxylic acids is 3.